The molecule has 0 aliphatic carbocycles. The minimum Gasteiger partial charge on any atom is -0.296 e. The van der Waals surface area contributed by atoms with Gasteiger partial charge in [0.1, 0.15) is 0 Å². The van der Waals surface area contributed by atoms with Crippen LogP contribution in [0.5, 0.6) is 0 Å². The molecule has 1 aliphatic heterocycles. The SMILES string of the molecule is CCCN1CCCCC1c1cc(C)cc(C)c1. The molecule has 0 saturated carbocycles. The Labute approximate surface area is 106 Å². The summed E-state index contributed by atoms with van der Waals surface area (Å²) in [6.45, 7) is 9.24. The molecule has 1 aromatic rings. The summed E-state index contributed by atoms with van der Waals surface area (Å²) in [4.78, 5) is 2.68. The van der Waals surface area contributed by atoms with Crippen LogP contribution in [0.25, 0.3) is 0 Å². The summed E-state index contributed by atoms with van der Waals surface area (Å²) in [7, 11) is 0. The van der Waals surface area contributed by atoms with Crippen LogP contribution in [0, 0.1) is 13.8 Å². The topological polar surface area (TPSA) is 3.24 Å². The Balaban J connectivity index is 2.22. The van der Waals surface area contributed by atoms with E-state index in [0.717, 1.165) is 0 Å². The van der Waals surface area contributed by atoms with Crippen LogP contribution in [0.4, 0.5) is 0 Å². The molecular weight excluding hydrogens is 206 g/mol. The fraction of sp³-hybridized carbons (Fsp3) is 0.625. The lowest BCUT2D eigenvalue weighted by Gasteiger charge is -2.36. The Morgan fingerprint density at radius 1 is 1.12 bits per heavy atom. The fourth-order valence-corrected chi connectivity index (χ4v) is 3.13. The van der Waals surface area contributed by atoms with Crippen LogP contribution < -0.4 is 0 Å². The smallest absolute Gasteiger partial charge is 0.0348 e. The van der Waals surface area contributed by atoms with Crippen molar-refractivity contribution >= 4 is 0 Å². The van der Waals surface area contributed by atoms with Crippen molar-refractivity contribution in [2.45, 2.75) is 52.5 Å². The van der Waals surface area contributed by atoms with Gasteiger partial charge in [-0.05, 0) is 51.8 Å². The lowest BCUT2D eigenvalue weighted by atomic mass is 9.93. The number of hydrogen-bond acceptors (Lipinski definition) is 1. The van der Waals surface area contributed by atoms with E-state index in [1.807, 2.05) is 0 Å². The van der Waals surface area contributed by atoms with Gasteiger partial charge in [0.05, 0.1) is 0 Å². The molecule has 0 amide bonds. The molecule has 0 radical (unpaired) electrons. The average molecular weight is 231 g/mol. The molecule has 0 bridgehead atoms. The second kappa shape index (κ2) is 5.68. The standard InChI is InChI=1S/C16H25N/c1-4-8-17-9-6-5-7-16(17)15-11-13(2)10-14(3)12-15/h10-12,16H,4-9H2,1-3H3. The summed E-state index contributed by atoms with van der Waals surface area (Å²) in [5.41, 5.74) is 4.35. The van der Waals surface area contributed by atoms with Crippen LogP contribution in [-0.2, 0) is 0 Å². The molecule has 1 heterocycles. The van der Waals surface area contributed by atoms with Crippen LogP contribution in [0.3, 0.4) is 0 Å². The average Bonchev–Trinajstić information content (AvgIpc) is 2.29. The van der Waals surface area contributed by atoms with Crippen LogP contribution in [0.15, 0.2) is 18.2 Å². The van der Waals surface area contributed by atoms with Gasteiger partial charge in [-0.25, -0.2) is 0 Å². The summed E-state index contributed by atoms with van der Waals surface area (Å²) in [6, 6.07) is 7.70. The van der Waals surface area contributed by atoms with E-state index in [2.05, 4.69) is 43.9 Å². The number of aryl methyl sites for hydroxylation is 2. The molecule has 1 fully saturated rings. The normalized spacial score (nSPS) is 21.7. The molecular formula is C16H25N. The Morgan fingerprint density at radius 2 is 1.82 bits per heavy atom. The highest BCUT2D eigenvalue weighted by atomic mass is 15.2. The quantitative estimate of drug-likeness (QED) is 0.752. The summed E-state index contributed by atoms with van der Waals surface area (Å²) in [6.07, 6.45) is 5.36. The predicted octanol–water partition coefficient (Wildman–Crippen LogP) is 4.24. The van der Waals surface area contributed by atoms with E-state index in [1.165, 1.54) is 55.5 Å². The van der Waals surface area contributed by atoms with Crippen molar-refractivity contribution in [2.24, 2.45) is 0 Å². The van der Waals surface area contributed by atoms with E-state index in [9.17, 15) is 0 Å². The van der Waals surface area contributed by atoms with Crippen molar-refractivity contribution in [3.63, 3.8) is 0 Å². The predicted molar refractivity (Wildman–Crippen MR) is 74.4 cm³/mol. The van der Waals surface area contributed by atoms with Crippen LogP contribution in [-0.4, -0.2) is 18.0 Å². The van der Waals surface area contributed by atoms with Gasteiger partial charge >= 0.3 is 0 Å². The maximum Gasteiger partial charge on any atom is 0.0348 e. The Morgan fingerprint density at radius 3 is 2.47 bits per heavy atom. The second-order valence-corrected chi connectivity index (χ2v) is 5.47. The Bertz CT molecular complexity index is 348. The molecule has 1 nitrogen and oxygen atoms in total. The van der Waals surface area contributed by atoms with Crippen LogP contribution >= 0.6 is 0 Å². The molecule has 1 aromatic carbocycles. The molecule has 1 unspecified atom stereocenters. The molecule has 17 heavy (non-hydrogen) atoms. The van der Waals surface area contributed by atoms with Crippen molar-refractivity contribution in [1.82, 2.24) is 4.90 Å². The van der Waals surface area contributed by atoms with E-state index in [1.54, 1.807) is 0 Å². The highest BCUT2D eigenvalue weighted by molar-refractivity contribution is 5.31. The summed E-state index contributed by atoms with van der Waals surface area (Å²) >= 11 is 0. The lowest BCUT2D eigenvalue weighted by molar-refractivity contribution is 0.149. The Kier molecular flexibility index (Phi) is 4.22. The maximum atomic E-state index is 2.68. The minimum absolute atomic E-state index is 0.669. The van der Waals surface area contributed by atoms with E-state index >= 15 is 0 Å². The van der Waals surface area contributed by atoms with E-state index in [-0.39, 0.29) is 0 Å². The molecule has 0 aromatic heterocycles. The Hall–Kier alpha value is -0.820. The molecule has 1 atom stereocenters. The number of piperidine rings is 1. The van der Waals surface area contributed by atoms with Crippen molar-refractivity contribution in [2.75, 3.05) is 13.1 Å². The number of likely N-dealkylation sites (tertiary alicyclic amines) is 1. The third-order valence-corrected chi connectivity index (χ3v) is 3.75. The van der Waals surface area contributed by atoms with Crippen molar-refractivity contribution in [1.29, 1.82) is 0 Å². The molecule has 1 aliphatic rings. The molecule has 1 heteroatoms. The number of nitrogens with zero attached hydrogens (tertiary/aromatic N) is 1. The van der Waals surface area contributed by atoms with E-state index in [0.29, 0.717) is 6.04 Å². The second-order valence-electron chi connectivity index (χ2n) is 5.47. The molecule has 94 valence electrons. The third kappa shape index (κ3) is 3.10. The van der Waals surface area contributed by atoms with Gasteiger partial charge in [0.2, 0.25) is 0 Å². The third-order valence-electron chi connectivity index (χ3n) is 3.75. The zero-order chi connectivity index (χ0) is 12.3. The van der Waals surface area contributed by atoms with Crippen molar-refractivity contribution < 1.29 is 0 Å². The van der Waals surface area contributed by atoms with Crippen molar-refractivity contribution in [3.8, 4) is 0 Å². The molecule has 0 N–H and O–H groups in total. The highest BCUT2D eigenvalue weighted by Gasteiger charge is 2.23. The van der Waals surface area contributed by atoms with Gasteiger partial charge in [-0.2, -0.15) is 0 Å². The van der Waals surface area contributed by atoms with Crippen LogP contribution in [0.2, 0.25) is 0 Å². The summed E-state index contributed by atoms with van der Waals surface area (Å²) in [5.74, 6) is 0. The van der Waals surface area contributed by atoms with Gasteiger partial charge in [-0.1, -0.05) is 42.7 Å². The van der Waals surface area contributed by atoms with Crippen molar-refractivity contribution in [3.05, 3.63) is 34.9 Å². The van der Waals surface area contributed by atoms with Gasteiger partial charge in [0.25, 0.3) is 0 Å². The maximum absolute atomic E-state index is 2.68. The summed E-state index contributed by atoms with van der Waals surface area (Å²) in [5, 5.41) is 0. The first kappa shape index (κ1) is 12.6. The van der Waals surface area contributed by atoms with E-state index in [4.69, 9.17) is 0 Å². The van der Waals surface area contributed by atoms with Crippen LogP contribution in [0.1, 0.15) is 55.3 Å². The van der Waals surface area contributed by atoms with Gasteiger partial charge in [0, 0.05) is 6.04 Å². The summed E-state index contributed by atoms with van der Waals surface area (Å²) < 4.78 is 0. The van der Waals surface area contributed by atoms with Gasteiger partial charge in [0.15, 0.2) is 0 Å². The van der Waals surface area contributed by atoms with Gasteiger partial charge in [-0.3, -0.25) is 4.90 Å². The molecule has 1 saturated heterocycles. The molecule has 0 spiro atoms. The van der Waals surface area contributed by atoms with Gasteiger partial charge < -0.3 is 0 Å². The zero-order valence-electron chi connectivity index (χ0n) is 11.5. The first-order valence-corrected chi connectivity index (χ1v) is 7.03. The monoisotopic (exact) mass is 231 g/mol. The fourth-order valence-electron chi connectivity index (χ4n) is 3.13. The molecule has 2 rings (SSSR count). The number of hydrogen-bond donors (Lipinski definition) is 0. The lowest BCUT2D eigenvalue weighted by Crippen LogP contribution is -2.34. The zero-order valence-corrected chi connectivity index (χ0v) is 11.5. The largest absolute Gasteiger partial charge is 0.296 e. The number of benzene rings is 1. The van der Waals surface area contributed by atoms with E-state index < -0.39 is 0 Å². The first-order valence-electron chi connectivity index (χ1n) is 7.03. The highest BCUT2D eigenvalue weighted by Crippen LogP contribution is 2.31. The minimum atomic E-state index is 0.669. The number of rotatable bonds is 3. The first-order chi connectivity index (χ1) is 8.20. The van der Waals surface area contributed by atoms with Gasteiger partial charge in [-0.15, -0.1) is 0 Å².